The summed E-state index contributed by atoms with van der Waals surface area (Å²) >= 11 is 5.83. The van der Waals surface area contributed by atoms with E-state index in [-0.39, 0.29) is 12.0 Å². The number of hydrogen-bond acceptors (Lipinski definition) is 4. The van der Waals surface area contributed by atoms with Gasteiger partial charge in [0.25, 0.3) is 5.91 Å². The SMILES string of the molecule is Nc1cc(Cl)ccc1C(=O)NCC1CN2CCCC2CO1. The Morgan fingerprint density at radius 2 is 2.38 bits per heavy atom. The van der Waals surface area contributed by atoms with Crippen LogP contribution in [0.3, 0.4) is 0 Å². The van der Waals surface area contributed by atoms with Crippen LogP contribution in [-0.2, 0) is 4.74 Å². The zero-order chi connectivity index (χ0) is 14.8. The number of hydrogen-bond donors (Lipinski definition) is 2. The first kappa shape index (κ1) is 14.6. The van der Waals surface area contributed by atoms with Crippen molar-refractivity contribution in [2.75, 3.05) is 32.0 Å². The van der Waals surface area contributed by atoms with E-state index >= 15 is 0 Å². The molecule has 2 saturated heterocycles. The Labute approximate surface area is 129 Å². The normalized spacial score (nSPS) is 25.6. The number of carbonyl (C=O) groups is 1. The van der Waals surface area contributed by atoms with E-state index in [2.05, 4.69) is 10.2 Å². The average molecular weight is 310 g/mol. The molecule has 0 bridgehead atoms. The highest BCUT2D eigenvalue weighted by atomic mass is 35.5. The van der Waals surface area contributed by atoms with Gasteiger partial charge in [0.2, 0.25) is 0 Å². The maximum atomic E-state index is 12.1. The number of benzene rings is 1. The van der Waals surface area contributed by atoms with Gasteiger partial charge in [-0.1, -0.05) is 11.6 Å². The van der Waals surface area contributed by atoms with Crippen molar-refractivity contribution in [1.29, 1.82) is 0 Å². The molecule has 0 saturated carbocycles. The molecule has 21 heavy (non-hydrogen) atoms. The summed E-state index contributed by atoms with van der Waals surface area (Å²) < 4.78 is 5.82. The number of carbonyl (C=O) groups excluding carboxylic acids is 1. The molecular formula is C15H20ClN3O2. The maximum Gasteiger partial charge on any atom is 0.253 e. The van der Waals surface area contributed by atoms with E-state index in [0.29, 0.717) is 28.9 Å². The van der Waals surface area contributed by atoms with E-state index in [1.54, 1.807) is 18.2 Å². The Morgan fingerprint density at radius 3 is 3.19 bits per heavy atom. The first-order valence-electron chi connectivity index (χ1n) is 7.32. The Bertz CT molecular complexity index is 538. The third-order valence-electron chi connectivity index (χ3n) is 4.21. The van der Waals surface area contributed by atoms with Crippen molar-refractivity contribution < 1.29 is 9.53 Å². The van der Waals surface area contributed by atoms with E-state index in [0.717, 1.165) is 19.7 Å². The lowest BCUT2D eigenvalue weighted by molar-refractivity contribution is -0.0461. The van der Waals surface area contributed by atoms with Gasteiger partial charge < -0.3 is 15.8 Å². The van der Waals surface area contributed by atoms with E-state index in [4.69, 9.17) is 22.1 Å². The number of ether oxygens (including phenoxy) is 1. The number of fused-ring (bicyclic) bond motifs is 1. The standard InChI is InChI=1S/C15H20ClN3O2/c16-10-3-4-13(14(17)6-10)15(20)18-7-12-8-19-5-1-2-11(19)9-21-12/h3-4,6,11-12H,1-2,5,7-9,17H2,(H,18,20). The number of anilines is 1. The van der Waals surface area contributed by atoms with Crippen molar-refractivity contribution in [2.24, 2.45) is 0 Å². The van der Waals surface area contributed by atoms with Crippen molar-refractivity contribution in [3.8, 4) is 0 Å². The van der Waals surface area contributed by atoms with Crippen LogP contribution in [0, 0.1) is 0 Å². The fourth-order valence-electron chi connectivity index (χ4n) is 3.05. The molecule has 2 unspecified atom stereocenters. The van der Waals surface area contributed by atoms with Gasteiger partial charge in [-0.25, -0.2) is 0 Å². The summed E-state index contributed by atoms with van der Waals surface area (Å²) in [6.45, 7) is 3.30. The van der Waals surface area contributed by atoms with Crippen LogP contribution in [0.1, 0.15) is 23.2 Å². The molecule has 2 aliphatic heterocycles. The zero-order valence-electron chi connectivity index (χ0n) is 11.8. The number of rotatable bonds is 3. The van der Waals surface area contributed by atoms with Gasteiger partial charge in [-0.3, -0.25) is 9.69 Å². The molecule has 1 aromatic rings. The Hall–Kier alpha value is -1.30. The topological polar surface area (TPSA) is 67.6 Å². The Balaban J connectivity index is 1.54. The number of nitrogen functional groups attached to an aromatic ring is 1. The second kappa shape index (κ2) is 6.22. The van der Waals surface area contributed by atoms with Crippen LogP contribution >= 0.6 is 11.6 Å². The molecular weight excluding hydrogens is 290 g/mol. The summed E-state index contributed by atoms with van der Waals surface area (Å²) in [4.78, 5) is 14.6. The number of nitrogens with zero attached hydrogens (tertiary/aromatic N) is 1. The number of morpholine rings is 1. The van der Waals surface area contributed by atoms with Gasteiger partial charge in [0, 0.05) is 29.8 Å². The molecule has 2 fully saturated rings. The van der Waals surface area contributed by atoms with Crippen molar-refractivity contribution in [1.82, 2.24) is 10.2 Å². The number of amides is 1. The first-order chi connectivity index (χ1) is 10.1. The number of halogens is 1. The summed E-state index contributed by atoms with van der Waals surface area (Å²) in [6.07, 6.45) is 2.52. The van der Waals surface area contributed by atoms with Gasteiger partial charge in [-0.05, 0) is 37.6 Å². The molecule has 114 valence electrons. The number of nitrogens with one attached hydrogen (secondary N) is 1. The van der Waals surface area contributed by atoms with E-state index in [1.165, 1.54) is 12.8 Å². The highest BCUT2D eigenvalue weighted by molar-refractivity contribution is 6.31. The predicted molar refractivity (Wildman–Crippen MR) is 82.5 cm³/mol. The number of nitrogens with two attached hydrogens (primary N) is 1. The fourth-order valence-corrected chi connectivity index (χ4v) is 3.23. The maximum absolute atomic E-state index is 12.1. The highest BCUT2D eigenvalue weighted by Crippen LogP contribution is 2.22. The van der Waals surface area contributed by atoms with Crippen molar-refractivity contribution in [3.63, 3.8) is 0 Å². The smallest absolute Gasteiger partial charge is 0.253 e. The second-order valence-corrected chi connectivity index (χ2v) is 6.12. The lowest BCUT2D eigenvalue weighted by Crippen LogP contribution is -2.50. The summed E-state index contributed by atoms with van der Waals surface area (Å²) in [5, 5.41) is 3.42. The summed E-state index contributed by atoms with van der Waals surface area (Å²) in [6, 6.07) is 5.47. The highest BCUT2D eigenvalue weighted by Gasteiger charge is 2.32. The summed E-state index contributed by atoms with van der Waals surface area (Å²) in [7, 11) is 0. The third kappa shape index (κ3) is 3.31. The third-order valence-corrected chi connectivity index (χ3v) is 4.45. The molecule has 1 aromatic carbocycles. The molecule has 2 aliphatic rings. The van der Waals surface area contributed by atoms with Gasteiger partial charge in [-0.2, -0.15) is 0 Å². The summed E-state index contributed by atoms with van der Waals surface area (Å²) in [5.74, 6) is -0.184. The van der Waals surface area contributed by atoms with E-state index in [1.807, 2.05) is 0 Å². The first-order valence-corrected chi connectivity index (χ1v) is 7.70. The molecule has 1 amide bonds. The van der Waals surface area contributed by atoms with Crippen molar-refractivity contribution in [3.05, 3.63) is 28.8 Å². The fraction of sp³-hybridized carbons (Fsp3) is 0.533. The zero-order valence-corrected chi connectivity index (χ0v) is 12.6. The monoisotopic (exact) mass is 309 g/mol. The van der Waals surface area contributed by atoms with Crippen LogP contribution in [-0.4, -0.2) is 49.2 Å². The Kier molecular flexibility index (Phi) is 4.33. The van der Waals surface area contributed by atoms with Crippen LogP contribution in [0.25, 0.3) is 0 Å². The van der Waals surface area contributed by atoms with Gasteiger partial charge in [-0.15, -0.1) is 0 Å². The quantitative estimate of drug-likeness (QED) is 0.831. The van der Waals surface area contributed by atoms with E-state index < -0.39 is 0 Å². The minimum absolute atomic E-state index is 0.0526. The van der Waals surface area contributed by atoms with Crippen LogP contribution in [0.5, 0.6) is 0 Å². The molecule has 3 rings (SSSR count). The molecule has 2 atom stereocenters. The van der Waals surface area contributed by atoms with Gasteiger partial charge >= 0.3 is 0 Å². The van der Waals surface area contributed by atoms with Crippen molar-refractivity contribution in [2.45, 2.75) is 25.0 Å². The van der Waals surface area contributed by atoms with Crippen LogP contribution in [0.2, 0.25) is 5.02 Å². The molecule has 0 aromatic heterocycles. The molecule has 3 N–H and O–H groups in total. The van der Waals surface area contributed by atoms with Crippen LogP contribution < -0.4 is 11.1 Å². The molecule has 2 heterocycles. The summed E-state index contributed by atoms with van der Waals surface area (Å²) in [5.41, 5.74) is 6.66. The van der Waals surface area contributed by atoms with Gasteiger partial charge in [0.05, 0.1) is 18.3 Å². The van der Waals surface area contributed by atoms with Crippen LogP contribution in [0.15, 0.2) is 18.2 Å². The average Bonchev–Trinajstić information content (AvgIpc) is 2.92. The molecule has 0 radical (unpaired) electrons. The largest absolute Gasteiger partial charge is 0.398 e. The van der Waals surface area contributed by atoms with Crippen LogP contribution in [0.4, 0.5) is 5.69 Å². The molecule has 6 heteroatoms. The molecule has 0 aliphatic carbocycles. The van der Waals surface area contributed by atoms with E-state index in [9.17, 15) is 4.79 Å². The van der Waals surface area contributed by atoms with Gasteiger partial charge in [0.1, 0.15) is 0 Å². The predicted octanol–water partition coefficient (Wildman–Crippen LogP) is 1.52. The lowest BCUT2D eigenvalue weighted by Gasteiger charge is -2.35. The minimum Gasteiger partial charge on any atom is -0.398 e. The molecule has 0 spiro atoms. The van der Waals surface area contributed by atoms with Crippen molar-refractivity contribution >= 4 is 23.2 Å². The van der Waals surface area contributed by atoms with Gasteiger partial charge in [0.15, 0.2) is 0 Å². The Morgan fingerprint density at radius 1 is 1.52 bits per heavy atom. The second-order valence-electron chi connectivity index (χ2n) is 5.69. The minimum atomic E-state index is -0.184. The lowest BCUT2D eigenvalue weighted by atomic mass is 10.1. The molecule has 5 nitrogen and oxygen atoms in total.